The lowest BCUT2D eigenvalue weighted by Crippen LogP contribution is -2.28. The van der Waals surface area contributed by atoms with Gasteiger partial charge in [0, 0.05) is 43.8 Å². The number of amides is 1. The van der Waals surface area contributed by atoms with Crippen molar-refractivity contribution in [2.45, 2.75) is 26.8 Å². The molecule has 3 heterocycles. The van der Waals surface area contributed by atoms with Crippen LogP contribution in [0, 0.1) is 0 Å². The first-order valence-corrected chi connectivity index (χ1v) is 8.59. The van der Waals surface area contributed by atoms with E-state index < -0.39 is 0 Å². The third-order valence-electron chi connectivity index (χ3n) is 4.24. The Balaban J connectivity index is 1.67. The van der Waals surface area contributed by atoms with Crippen LogP contribution in [0.15, 0.2) is 48.9 Å². The van der Waals surface area contributed by atoms with E-state index in [-0.39, 0.29) is 5.91 Å². The van der Waals surface area contributed by atoms with Crippen LogP contribution in [-0.4, -0.2) is 33.4 Å². The molecule has 0 radical (unpaired) electrons. The van der Waals surface area contributed by atoms with Gasteiger partial charge in [0.2, 0.25) is 5.91 Å². The molecular weight excluding hydrogens is 314 g/mol. The van der Waals surface area contributed by atoms with E-state index in [0.717, 1.165) is 35.8 Å². The van der Waals surface area contributed by atoms with E-state index in [0.29, 0.717) is 13.0 Å². The van der Waals surface area contributed by atoms with Crippen LogP contribution in [0.2, 0.25) is 0 Å². The van der Waals surface area contributed by atoms with Crippen molar-refractivity contribution < 1.29 is 4.79 Å². The monoisotopic (exact) mass is 337 g/mol. The fourth-order valence-electron chi connectivity index (χ4n) is 2.91. The number of rotatable bonds is 7. The number of hydrogen-bond donors (Lipinski definition) is 1. The Hall–Kier alpha value is -2.89. The average Bonchev–Trinajstić information content (AvgIpc) is 3.05. The van der Waals surface area contributed by atoms with Crippen LogP contribution in [0.1, 0.15) is 25.1 Å². The molecule has 130 valence electrons. The van der Waals surface area contributed by atoms with Crippen LogP contribution in [0.5, 0.6) is 0 Å². The minimum atomic E-state index is -0.0278. The van der Waals surface area contributed by atoms with Crippen molar-refractivity contribution in [2.75, 3.05) is 18.0 Å². The molecule has 0 unspecified atom stereocenters. The number of nitrogens with one attached hydrogen (secondary N) is 1. The average molecular weight is 337 g/mol. The van der Waals surface area contributed by atoms with Gasteiger partial charge in [-0.15, -0.1) is 0 Å². The molecule has 25 heavy (non-hydrogen) atoms. The predicted octanol–water partition coefficient (Wildman–Crippen LogP) is 2.43. The maximum absolute atomic E-state index is 12.4. The highest BCUT2D eigenvalue weighted by atomic mass is 16.1. The second kappa shape index (κ2) is 7.79. The third kappa shape index (κ3) is 3.79. The van der Waals surface area contributed by atoms with Gasteiger partial charge < -0.3 is 14.6 Å². The number of nitrogens with zero attached hydrogens (tertiary/aromatic N) is 4. The fourth-order valence-corrected chi connectivity index (χ4v) is 2.91. The molecule has 0 saturated heterocycles. The van der Waals surface area contributed by atoms with E-state index in [4.69, 9.17) is 0 Å². The summed E-state index contributed by atoms with van der Waals surface area (Å²) in [6.45, 7) is 6.44. The van der Waals surface area contributed by atoms with Crippen LogP contribution >= 0.6 is 0 Å². The van der Waals surface area contributed by atoms with Crippen LogP contribution in [-0.2, 0) is 17.8 Å². The molecule has 3 rings (SSSR count). The first kappa shape index (κ1) is 17.0. The molecule has 6 nitrogen and oxygen atoms in total. The van der Waals surface area contributed by atoms with E-state index in [1.165, 1.54) is 0 Å². The van der Waals surface area contributed by atoms with Gasteiger partial charge >= 0.3 is 0 Å². The topological polar surface area (TPSA) is 62.5 Å². The molecule has 0 fully saturated rings. The SMILES string of the molecule is CCN(CC)c1ncccc1CNC(=O)Cc1cnc2ccccn12. The summed E-state index contributed by atoms with van der Waals surface area (Å²) < 4.78 is 1.94. The molecule has 0 aliphatic carbocycles. The van der Waals surface area contributed by atoms with Crippen molar-refractivity contribution in [3.63, 3.8) is 0 Å². The first-order valence-electron chi connectivity index (χ1n) is 8.59. The highest BCUT2D eigenvalue weighted by Crippen LogP contribution is 2.16. The maximum Gasteiger partial charge on any atom is 0.226 e. The molecule has 0 spiro atoms. The van der Waals surface area contributed by atoms with Crippen molar-refractivity contribution in [3.05, 3.63) is 60.2 Å². The molecule has 3 aromatic heterocycles. The molecule has 0 aliphatic heterocycles. The summed E-state index contributed by atoms with van der Waals surface area (Å²) in [6.07, 6.45) is 5.76. The largest absolute Gasteiger partial charge is 0.357 e. The fraction of sp³-hybridized carbons (Fsp3) is 0.316. The summed E-state index contributed by atoms with van der Waals surface area (Å²) in [6, 6.07) is 9.70. The highest BCUT2D eigenvalue weighted by Gasteiger charge is 2.12. The van der Waals surface area contributed by atoms with Crippen LogP contribution < -0.4 is 10.2 Å². The Bertz CT molecular complexity index is 854. The van der Waals surface area contributed by atoms with E-state index >= 15 is 0 Å². The number of anilines is 1. The summed E-state index contributed by atoms with van der Waals surface area (Å²) in [5.74, 6) is 0.905. The minimum Gasteiger partial charge on any atom is -0.357 e. The van der Waals surface area contributed by atoms with Gasteiger partial charge in [-0.05, 0) is 32.0 Å². The second-order valence-electron chi connectivity index (χ2n) is 5.79. The summed E-state index contributed by atoms with van der Waals surface area (Å²) >= 11 is 0. The summed E-state index contributed by atoms with van der Waals surface area (Å²) in [7, 11) is 0. The Morgan fingerprint density at radius 3 is 2.80 bits per heavy atom. The van der Waals surface area contributed by atoms with Gasteiger partial charge in [-0.25, -0.2) is 9.97 Å². The van der Waals surface area contributed by atoms with E-state index in [1.807, 2.05) is 40.9 Å². The number of imidazole rings is 1. The molecule has 6 heteroatoms. The zero-order valence-corrected chi connectivity index (χ0v) is 14.6. The first-order chi connectivity index (χ1) is 12.2. The molecular formula is C19H23N5O. The van der Waals surface area contributed by atoms with Crippen LogP contribution in [0.3, 0.4) is 0 Å². The zero-order valence-electron chi connectivity index (χ0n) is 14.6. The van der Waals surface area contributed by atoms with Crippen LogP contribution in [0.25, 0.3) is 5.65 Å². The zero-order chi connectivity index (χ0) is 17.6. The Morgan fingerprint density at radius 1 is 1.16 bits per heavy atom. The van der Waals surface area contributed by atoms with E-state index in [1.54, 1.807) is 12.4 Å². The number of aromatic nitrogens is 3. The van der Waals surface area contributed by atoms with Crippen molar-refractivity contribution in [3.8, 4) is 0 Å². The second-order valence-corrected chi connectivity index (χ2v) is 5.79. The van der Waals surface area contributed by atoms with Gasteiger partial charge in [0.1, 0.15) is 11.5 Å². The number of hydrogen-bond acceptors (Lipinski definition) is 4. The summed E-state index contributed by atoms with van der Waals surface area (Å²) in [5, 5.41) is 3.00. The normalized spacial score (nSPS) is 10.8. The smallest absolute Gasteiger partial charge is 0.226 e. The quantitative estimate of drug-likeness (QED) is 0.719. The standard InChI is InChI=1S/C19H23N5O/c1-3-23(4-2)19-15(8-7-10-20-19)13-22-18(25)12-16-14-21-17-9-5-6-11-24(16)17/h5-11,14H,3-4,12-13H2,1-2H3,(H,22,25). The van der Waals surface area contributed by atoms with Gasteiger partial charge in [-0.2, -0.15) is 0 Å². The molecule has 0 bridgehead atoms. The van der Waals surface area contributed by atoms with Gasteiger partial charge in [-0.3, -0.25) is 4.79 Å². The minimum absolute atomic E-state index is 0.0278. The maximum atomic E-state index is 12.4. The molecule has 0 aliphatic rings. The predicted molar refractivity (Wildman–Crippen MR) is 98.5 cm³/mol. The van der Waals surface area contributed by atoms with Gasteiger partial charge in [0.15, 0.2) is 0 Å². The molecule has 1 amide bonds. The molecule has 0 atom stereocenters. The highest BCUT2D eigenvalue weighted by molar-refractivity contribution is 5.78. The van der Waals surface area contributed by atoms with Gasteiger partial charge in [0.25, 0.3) is 0 Å². The van der Waals surface area contributed by atoms with E-state index in [2.05, 4.69) is 34.0 Å². The summed E-state index contributed by atoms with van der Waals surface area (Å²) in [4.78, 5) is 23.3. The van der Waals surface area contributed by atoms with Crippen molar-refractivity contribution in [1.82, 2.24) is 19.7 Å². The Labute approximate surface area is 147 Å². The lowest BCUT2D eigenvalue weighted by molar-refractivity contribution is -0.120. The van der Waals surface area contributed by atoms with Gasteiger partial charge in [0.05, 0.1) is 12.1 Å². The van der Waals surface area contributed by atoms with Gasteiger partial charge in [-0.1, -0.05) is 12.1 Å². The van der Waals surface area contributed by atoms with Crippen molar-refractivity contribution in [2.24, 2.45) is 0 Å². The van der Waals surface area contributed by atoms with Crippen molar-refractivity contribution >= 4 is 17.4 Å². The third-order valence-corrected chi connectivity index (χ3v) is 4.24. The molecule has 0 aromatic carbocycles. The Morgan fingerprint density at radius 2 is 2.00 bits per heavy atom. The van der Waals surface area contributed by atoms with Crippen molar-refractivity contribution in [1.29, 1.82) is 0 Å². The molecule has 1 N–H and O–H groups in total. The Kier molecular flexibility index (Phi) is 5.28. The molecule has 3 aromatic rings. The lowest BCUT2D eigenvalue weighted by atomic mass is 10.2. The van der Waals surface area contributed by atoms with Crippen LogP contribution in [0.4, 0.5) is 5.82 Å². The number of carbonyl (C=O) groups is 1. The van der Waals surface area contributed by atoms with E-state index in [9.17, 15) is 4.79 Å². The lowest BCUT2D eigenvalue weighted by Gasteiger charge is -2.22. The summed E-state index contributed by atoms with van der Waals surface area (Å²) in [5.41, 5.74) is 2.75. The number of carbonyl (C=O) groups excluding carboxylic acids is 1. The molecule has 0 saturated carbocycles. The number of pyridine rings is 2. The number of fused-ring (bicyclic) bond motifs is 1.